The monoisotopic (exact) mass is 262 g/mol. The van der Waals surface area contributed by atoms with Crippen LogP contribution in [-0.2, 0) is 0 Å². The van der Waals surface area contributed by atoms with E-state index < -0.39 is 6.10 Å². The van der Waals surface area contributed by atoms with Crippen LogP contribution in [0.1, 0.15) is 50.7 Å². The van der Waals surface area contributed by atoms with Gasteiger partial charge in [0.1, 0.15) is 17.1 Å². The minimum absolute atomic E-state index is 0.167. The molecule has 1 spiro atoms. The van der Waals surface area contributed by atoms with Crippen molar-refractivity contribution in [3.05, 3.63) is 23.8 Å². The number of hydrogen-bond acceptors (Lipinski definition) is 3. The van der Waals surface area contributed by atoms with E-state index in [0.717, 1.165) is 23.5 Å². The third kappa shape index (κ3) is 2.10. The van der Waals surface area contributed by atoms with Crippen LogP contribution in [0, 0.1) is 5.92 Å². The Kier molecular flexibility index (Phi) is 3.17. The molecular weight excluding hydrogens is 240 g/mol. The average molecular weight is 262 g/mol. The summed E-state index contributed by atoms with van der Waals surface area (Å²) in [7, 11) is 1.64. The van der Waals surface area contributed by atoms with Crippen molar-refractivity contribution in [2.24, 2.45) is 5.92 Å². The van der Waals surface area contributed by atoms with Crippen LogP contribution < -0.4 is 9.47 Å². The standard InChI is InChI=1S/C16H22O3/c1-11-5-3-4-8-16(11)10-14(17)13-9-12(18-2)6-7-15(13)19-16/h6-7,9,11,14,17H,3-5,8,10H2,1-2H3/t11?,14-,16?/m0/s1. The molecule has 1 aliphatic carbocycles. The summed E-state index contributed by atoms with van der Waals surface area (Å²) in [6.07, 6.45) is 4.98. The second-order valence-corrected chi connectivity index (χ2v) is 5.94. The number of hydrogen-bond donors (Lipinski definition) is 1. The maximum absolute atomic E-state index is 10.5. The van der Waals surface area contributed by atoms with Crippen molar-refractivity contribution in [3.8, 4) is 11.5 Å². The summed E-state index contributed by atoms with van der Waals surface area (Å²) in [6.45, 7) is 2.25. The van der Waals surface area contributed by atoms with E-state index >= 15 is 0 Å². The largest absolute Gasteiger partial charge is 0.497 e. The van der Waals surface area contributed by atoms with Gasteiger partial charge in [0.15, 0.2) is 0 Å². The van der Waals surface area contributed by atoms with Crippen molar-refractivity contribution in [2.75, 3.05) is 7.11 Å². The van der Waals surface area contributed by atoms with E-state index in [0.29, 0.717) is 12.3 Å². The SMILES string of the molecule is COc1ccc2c(c1)[C@@H](O)CC1(CCCCC1C)O2. The third-order valence-electron chi connectivity index (χ3n) is 4.81. The van der Waals surface area contributed by atoms with Gasteiger partial charge in [0, 0.05) is 12.0 Å². The normalized spacial score (nSPS) is 33.6. The van der Waals surface area contributed by atoms with Gasteiger partial charge in [0.2, 0.25) is 0 Å². The van der Waals surface area contributed by atoms with Crippen molar-refractivity contribution in [2.45, 2.75) is 50.7 Å². The predicted molar refractivity (Wildman–Crippen MR) is 73.6 cm³/mol. The van der Waals surface area contributed by atoms with E-state index in [-0.39, 0.29) is 5.60 Å². The predicted octanol–water partition coefficient (Wildman–Crippen LogP) is 3.46. The first-order chi connectivity index (χ1) is 9.14. The Morgan fingerprint density at radius 3 is 2.95 bits per heavy atom. The molecule has 0 amide bonds. The van der Waals surface area contributed by atoms with Gasteiger partial charge in [-0.2, -0.15) is 0 Å². The van der Waals surface area contributed by atoms with Crippen LogP contribution in [0.25, 0.3) is 0 Å². The molecule has 19 heavy (non-hydrogen) atoms. The highest BCUT2D eigenvalue weighted by molar-refractivity contribution is 5.43. The number of benzene rings is 1. The van der Waals surface area contributed by atoms with E-state index in [1.807, 2.05) is 18.2 Å². The van der Waals surface area contributed by atoms with Crippen molar-refractivity contribution in [1.29, 1.82) is 0 Å². The van der Waals surface area contributed by atoms with Gasteiger partial charge in [-0.05, 0) is 43.4 Å². The molecule has 3 heteroatoms. The molecule has 0 bridgehead atoms. The van der Waals surface area contributed by atoms with Gasteiger partial charge in [0.25, 0.3) is 0 Å². The lowest BCUT2D eigenvalue weighted by molar-refractivity contribution is -0.0717. The van der Waals surface area contributed by atoms with Gasteiger partial charge >= 0.3 is 0 Å². The van der Waals surface area contributed by atoms with Gasteiger partial charge in [0.05, 0.1) is 13.2 Å². The molecule has 0 saturated heterocycles. The van der Waals surface area contributed by atoms with Gasteiger partial charge in [-0.3, -0.25) is 0 Å². The zero-order valence-corrected chi connectivity index (χ0v) is 11.7. The molecule has 1 fully saturated rings. The number of fused-ring (bicyclic) bond motifs is 1. The number of aliphatic hydroxyl groups excluding tert-OH is 1. The molecule has 1 aromatic carbocycles. The quantitative estimate of drug-likeness (QED) is 0.842. The van der Waals surface area contributed by atoms with E-state index in [1.165, 1.54) is 19.3 Å². The number of rotatable bonds is 1. The first-order valence-electron chi connectivity index (χ1n) is 7.20. The highest BCUT2D eigenvalue weighted by Crippen LogP contribution is 2.49. The Balaban J connectivity index is 1.95. The second kappa shape index (κ2) is 4.71. The maximum atomic E-state index is 10.5. The fraction of sp³-hybridized carbons (Fsp3) is 0.625. The molecule has 1 aliphatic heterocycles. The topological polar surface area (TPSA) is 38.7 Å². The fourth-order valence-electron chi connectivity index (χ4n) is 3.54. The van der Waals surface area contributed by atoms with Gasteiger partial charge < -0.3 is 14.6 Å². The van der Waals surface area contributed by atoms with Crippen molar-refractivity contribution in [3.63, 3.8) is 0 Å². The summed E-state index contributed by atoms with van der Waals surface area (Å²) in [4.78, 5) is 0. The van der Waals surface area contributed by atoms with E-state index in [2.05, 4.69) is 6.92 Å². The molecule has 2 aliphatic rings. The fourth-order valence-corrected chi connectivity index (χ4v) is 3.54. The molecule has 3 atom stereocenters. The lowest BCUT2D eigenvalue weighted by Gasteiger charge is -2.47. The Morgan fingerprint density at radius 2 is 2.21 bits per heavy atom. The number of aliphatic hydroxyl groups is 1. The van der Waals surface area contributed by atoms with Gasteiger partial charge in [-0.25, -0.2) is 0 Å². The Morgan fingerprint density at radius 1 is 1.37 bits per heavy atom. The van der Waals surface area contributed by atoms with Crippen LogP contribution in [0.2, 0.25) is 0 Å². The van der Waals surface area contributed by atoms with E-state index in [9.17, 15) is 5.11 Å². The highest BCUT2D eigenvalue weighted by Gasteiger charge is 2.45. The molecule has 0 aromatic heterocycles. The zero-order valence-electron chi connectivity index (χ0n) is 11.7. The molecule has 3 rings (SSSR count). The number of ether oxygens (including phenoxy) is 2. The van der Waals surface area contributed by atoms with E-state index in [4.69, 9.17) is 9.47 Å². The van der Waals surface area contributed by atoms with Crippen LogP contribution in [-0.4, -0.2) is 17.8 Å². The molecule has 2 unspecified atom stereocenters. The van der Waals surface area contributed by atoms with Crippen LogP contribution in [0.4, 0.5) is 0 Å². The van der Waals surface area contributed by atoms with Crippen LogP contribution in [0.5, 0.6) is 11.5 Å². The lowest BCUT2D eigenvalue weighted by Crippen LogP contribution is -2.48. The minimum Gasteiger partial charge on any atom is -0.497 e. The summed E-state index contributed by atoms with van der Waals surface area (Å²) in [6, 6.07) is 5.72. The highest BCUT2D eigenvalue weighted by atomic mass is 16.5. The molecule has 0 radical (unpaired) electrons. The molecule has 1 saturated carbocycles. The molecular formula is C16H22O3. The Hall–Kier alpha value is -1.22. The van der Waals surface area contributed by atoms with Crippen LogP contribution >= 0.6 is 0 Å². The zero-order chi connectivity index (χ0) is 13.5. The van der Waals surface area contributed by atoms with Crippen LogP contribution in [0.3, 0.4) is 0 Å². The smallest absolute Gasteiger partial charge is 0.126 e. The van der Waals surface area contributed by atoms with Gasteiger partial charge in [-0.1, -0.05) is 13.3 Å². The summed E-state index contributed by atoms with van der Waals surface area (Å²) < 4.78 is 11.5. The average Bonchev–Trinajstić information content (AvgIpc) is 2.42. The first kappa shape index (κ1) is 12.8. The van der Waals surface area contributed by atoms with Crippen molar-refractivity contribution in [1.82, 2.24) is 0 Å². The van der Waals surface area contributed by atoms with E-state index in [1.54, 1.807) is 7.11 Å². The summed E-state index contributed by atoms with van der Waals surface area (Å²) in [5.74, 6) is 2.11. The molecule has 3 nitrogen and oxygen atoms in total. The summed E-state index contributed by atoms with van der Waals surface area (Å²) >= 11 is 0. The first-order valence-corrected chi connectivity index (χ1v) is 7.20. The Bertz CT molecular complexity index is 471. The van der Waals surface area contributed by atoms with Crippen molar-refractivity contribution < 1.29 is 14.6 Å². The Labute approximate surface area is 114 Å². The maximum Gasteiger partial charge on any atom is 0.126 e. The van der Waals surface area contributed by atoms with Gasteiger partial charge in [-0.15, -0.1) is 0 Å². The second-order valence-electron chi connectivity index (χ2n) is 5.94. The molecule has 104 valence electrons. The van der Waals surface area contributed by atoms with Crippen LogP contribution in [0.15, 0.2) is 18.2 Å². The summed E-state index contributed by atoms with van der Waals surface area (Å²) in [5, 5.41) is 10.5. The minimum atomic E-state index is -0.445. The molecule has 1 heterocycles. The van der Waals surface area contributed by atoms with Crippen molar-refractivity contribution >= 4 is 0 Å². The number of methoxy groups -OCH3 is 1. The third-order valence-corrected chi connectivity index (χ3v) is 4.81. The molecule has 1 N–H and O–H groups in total. The molecule has 1 aromatic rings. The summed E-state index contributed by atoms with van der Waals surface area (Å²) in [5.41, 5.74) is 0.696. The lowest BCUT2D eigenvalue weighted by atomic mass is 9.71.